The summed E-state index contributed by atoms with van der Waals surface area (Å²) in [4.78, 5) is 12.6. The van der Waals surface area contributed by atoms with Gasteiger partial charge in [0.25, 0.3) is 5.91 Å². The summed E-state index contributed by atoms with van der Waals surface area (Å²) < 4.78 is 1.64. The molecule has 1 N–H and O–H groups in total. The molecule has 0 saturated carbocycles. The number of nitrogens with one attached hydrogen (secondary N) is 1. The number of amides is 1. The summed E-state index contributed by atoms with van der Waals surface area (Å²) in [5.41, 5.74) is 3.52. The molecule has 3 rings (SSSR count). The summed E-state index contributed by atoms with van der Waals surface area (Å²) >= 11 is 1.54. The maximum absolute atomic E-state index is 12.6. The van der Waals surface area contributed by atoms with Gasteiger partial charge in [-0.25, -0.2) is 4.68 Å². The molecule has 0 atom stereocenters. The van der Waals surface area contributed by atoms with Crippen LogP contribution in [0.1, 0.15) is 23.1 Å². The molecule has 0 radical (unpaired) electrons. The van der Waals surface area contributed by atoms with E-state index >= 15 is 0 Å². The van der Waals surface area contributed by atoms with Crippen LogP contribution in [0.5, 0.6) is 0 Å². The van der Waals surface area contributed by atoms with E-state index in [1.165, 1.54) is 11.8 Å². The molecule has 5 nitrogen and oxygen atoms in total. The first-order chi connectivity index (χ1) is 10.7. The van der Waals surface area contributed by atoms with Gasteiger partial charge in [0.2, 0.25) is 5.16 Å². The Bertz CT molecular complexity index is 823. The molecule has 0 aliphatic heterocycles. The maximum atomic E-state index is 12.6. The number of rotatable bonds is 4. The highest BCUT2D eigenvalue weighted by Crippen LogP contribution is 2.20. The summed E-state index contributed by atoms with van der Waals surface area (Å²) in [6.45, 7) is 3.85. The summed E-state index contributed by atoms with van der Waals surface area (Å²) in [5, 5.41) is 10.8. The topological polar surface area (TPSA) is 59.8 Å². The second-order valence-corrected chi connectivity index (χ2v) is 6.00. The number of fused-ring (bicyclic) bond motifs is 1. The lowest BCUT2D eigenvalue weighted by atomic mass is 10.0. The van der Waals surface area contributed by atoms with Crippen molar-refractivity contribution in [3.8, 4) is 0 Å². The van der Waals surface area contributed by atoms with Gasteiger partial charge >= 0.3 is 0 Å². The first-order valence-corrected chi connectivity index (χ1v) is 8.03. The third-order valence-electron chi connectivity index (χ3n) is 3.32. The van der Waals surface area contributed by atoms with Crippen LogP contribution in [0.3, 0.4) is 0 Å². The van der Waals surface area contributed by atoms with E-state index in [-0.39, 0.29) is 5.91 Å². The van der Waals surface area contributed by atoms with Crippen molar-refractivity contribution in [2.24, 2.45) is 0 Å². The van der Waals surface area contributed by atoms with Crippen molar-refractivity contribution < 1.29 is 4.79 Å². The molecule has 0 aliphatic rings. The Morgan fingerprint density at radius 2 is 1.95 bits per heavy atom. The quantitative estimate of drug-likeness (QED) is 0.751. The van der Waals surface area contributed by atoms with Crippen molar-refractivity contribution >= 4 is 28.4 Å². The lowest BCUT2D eigenvalue weighted by Gasteiger charge is -2.11. The van der Waals surface area contributed by atoms with E-state index in [9.17, 15) is 4.79 Å². The van der Waals surface area contributed by atoms with Gasteiger partial charge in [-0.2, -0.15) is 0 Å². The lowest BCUT2D eigenvalue weighted by molar-refractivity contribution is 0.101. The van der Waals surface area contributed by atoms with Gasteiger partial charge in [-0.15, -0.1) is 10.2 Å². The number of hydrogen-bond acceptors (Lipinski definition) is 4. The number of carbonyl (C=O) groups excluding carboxylic acids is 1. The Morgan fingerprint density at radius 3 is 2.77 bits per heavy atom. The van der Waals surface area contributed by atoms with Crippen LogP contribution in [0, 0.1) is 6.92 Å². The number of aromatic nitrogens is 3. The monoisotopic (exact) mass is 312 g/mol. The number of aryl methyl sites for hydroxylation is 1. The van der Waals surface area contributed by atoms with Crippen molar-refractivity contribution in [1.29, 1.82) is 0 Å². The highest BCUT2D eigenvalue weighted by Gasteiger charge is 2.14. The molecule has 6 heteroatoms. The molecule has 0 spiro atoms. The zero-order chi connectivity index (χ0) is 15.5. The average Bonchev–Trinajstić information content (AvgIpc) is 2.88. The molecule has 1 heterocycles. The van der Waals surface area contributed by atoms with Crippen molar-refractivity contribution in [2.45, 2.75) is 19.0 Å². The van der Waals surface area contributed by atoms with E-state index in [0.717, 1.165) is 16.5 Å². The van der Waals surface area contributed by atoms with Crippen LogP contribution in [0.4, 0.5) is 0 Å². The Labute approximate surface area is 132 Å². The van der Waals surface area contributed by atoms with Crippen LogP contribution in [-0.2, 0) is 0 Å². The molecule has 0 fully saturated rings. The molecule has 1 amide bonds. The Balaban J connectivity index is 1.96. The first kappa shape index (κ1) is 14.6. The summed E-state index contributed by atoms with van der Waals surface area (Å²) in [7, 11) is 0. The molecular formula is C16H16N4OS. The Hall–Kier alpha value is -2.34. The second kappa shape index (κ2) is 6.19. The minimum atomic E-state index is -0.169. The van der Waals surface area contributed by atoms with Gasteiger partial charge < -0.3 is 0 Å². The second-order valence-electron chi connectivity index (χ2n) is 4.77. The molecule has 0 saturated heterocycles. The zero-order valence-electron chi connectivity index (χ0n) is 12.4. The third-order valence-corrected chi connectivity index (χ3v) is 4.13. The van der Waals surface area contributed by atoms with Crippen LogP contribution < -0.4 is 5.43 Å². The minimum absolute atomic E-state index is 0.169. The molecule has 0 unspecified atom stereocenters. The SMILES string of the molecule is CCSc1nnc(C)n1NC(=O)c1cccc2ccccc12. The normalized spacial score (nSPS) is 10.8. The van der Waals surface area contributed by atoms with Crippen LogP contribution in [-0.4, -0.2) is 26.5 Å². The minimum Gasteiger partial charge on any atom is -0.267 e. The molecule has 0 bridgehead atoms. The molecule has 1 aromatic heterocycles. The largest absolute Gasteiger partial charge is 0.270 e. The van der Waals surface area contributed by atoms with E-state index in [1.54, 1.807) is 4.68 Å². The lowest BCUT2D eigenvalue weighted by Crippen LogP contribution is -2.25. The molecule has 2 aromatic carbocycles. The molecule has 3 aromatic rings. The predicted octanol–water partition coefficient (Wildman–Crippen LogP) is 3.24. The Morgan fingerprint density at radius 1 is 1.18 bits per heavy atom. The fraction of sp³-hybridized carbons (Fsp3) is 0.188. The highest BCUT2D eigenvalue weighted by molar-refractivity contribution is 7.99. The third kappa shape index (κ3) is 2.69. The molecule has 0 aliphatic carbocycles. The zero-order valence-corrected chi connectivity index (χ0v) is 13.2. The van der Waals surface area contributed by atoms with Gasteiger partial charge in [-0.3, -0.25) is 10.2 Å². The van der Waals surface area contributed by atoms with Gasteiger partial charge in [0.1, 0.15) is 5.82 Å². The van der Waals surface area contributed by atoms with Crippen LogP contribution >= 0.6 is 11.8 Å². The fourth-order valence-electron chi connectivity index (χ4n) is 2.28. The van der Waals surface area contributed by atoms with Gasteiger partial charge in [0, 0.05) is 5.56 Å². The Kier molecular flexibility index (Phi) is 4.11. The van der Waals surface area contributed by atoms with E-state index in [1.807, 2.05) is 56.3 Å². The van der Waals surface area contributed by atoms with Crippen molar-refractivity contribution in [2.75, 3.05) is 11.2 Å². The summed E-state index contributed by atoms with van der Waals surface area (Å²) in [5.74, 6) is 1.35. The van der Waals surface area contributed by atoms with E-state index in [0.29, 0.717) is 16.5 Å². The summed E-state index contributed by atoms with van der Waals surface area (Å²) in [6.07, 6.45) is 0. The van der Waals surface area contributed by atoms with E-state index in [2.05, 4.69) is 15.6 Å². The number of benzene rings is 2. The average molecular weight is 312 g/mol. The van der Waals surface area contributed by atoms with Crippen molar-refractivity contribution in [3.05, 3.63) is 53.9 Å². The number of thioether (sulfide) groups is 1. The van der Waals surface area contributed by atoms with Gasteiger partial charge in [-0.1, -0.05) is 55.1 Å². The summed E-state index contributed by atoms with van der Waals surface area (Å²) in [6, 6.07) is 13.5. The van der Waals surface area contributed by atoms with E-state index in [4.69, 9.17) is 0 Å². The van der Waals surface area contributed by atoms with E-state index < -0.39 is 0 Å². The number of nitrogens with zero attached hydrogens (tertiary/aromatic N) is 3. The highest BCUT2D eigenvalue weighted by atomic mass is 32.2. The van der Waals surface area contributed by atoms with Gasteiger partial charge in [0.15, 0.2) is 0 Å². The van der Waals surface area contributed by atoms with Crippen LogP contribution in [0.2, 0.25) is 0 Å². The van der Waals surface area contributed by atoms with Gasteiger partial charge in [0.05, 0.1) is 0 Å². The van der Waals surface area contributed by atoms with Crippen molar-refractivity contribution in [1.82, 2.24) is 14.9 Å². The first-order valence-electron chi connectivity index (χ1n) is 7.04. The molecule has 112 valence electrons. The van der Waals surface area contributed by atoms with Crippen LogP contribution in [0.15, 0.2) is 47.6 Å². The molecule has 22 heavy (non-hydrogen) atoms. The van der Waals surface area contributed by atoms with Gasteiger partial charge in [-0.05, 0) is 29.5 Å². The number of hydrogen-bond donors (Lipinski definition) is 1. The predicted molar refractivity (Wildman–Crippen MR) is 88.8 cm³/mol. The van der Waals surface area contributed by atoms with Crippen LogP contribution in [0.25, 0.3) is 10.8 Å². The standard InChI is InChI=1S/C16H16N4OS/c1-3-22-16-18-17-11(2)20(16)19-15(21)14-10-6-8-12-7-4-5-9-13(12)14/h4-10H,3H2,1-2H3,(H,19,21). The molecular weight excluding hydrogens is 296 g/mol. The fourth-order valence-corrected chi connectivity index (χ4v) is 2.94. The van der Waals surface area contributed by atoms with Crippen molar-refractivity contribution in [3.63, 3.8) is 0 Å². The number of carbonyl (C=O) groups is 1. The smallest absolute Gasteiger partial charge is 0.267 e. The maximum Gasteiger partial charge on any atom is 0.270 e.